The highest BCUT2D eigenvalue weighted by molar-refractivity contribution is 7.80. The number of hydrogen-bond acceptors (Lipinski definition) is 3. The minimum Gasteiger partial charge on any atom is -0.308 e. The highest BCUT2D eigenvalue weighted by Gasteiger charge is 2.26. The summed E-state index contributed by atoms with van der Waals surface area (Å²) in [6.45, 7) is 14.9. The van der Waals surface area contributed by atoms with Crippen molar-refractivity contribution in [3.05, 3.63) is 0 Å². The van der Waals surface area contributed by atoms with Crippen molar-refractivity contribution in [3.8, 4) is 0 Å². The Labute approximate surface area is 114 Å². The molecule has 0 heterocycles. The lowest BCUT2D eigenvalue weighted by Gasteiger charge is -2.37. The van der Waals surface area contributed by atoms with Crippen LogP contribution in [0, 0.1) is 11.3 Å². The Hall–Kier alpha value is 0.270. The first-order chi connectivity index (χ1) is 7.72. The number of likely N-dealkylation sites (N-methyl/N-ethyl adjacent to an activating group) is 2. The third kappa shape index (κ3) is 6.68. The Balaban J connectivity index is 4.46. The molecule has 104 valence electrons. The van der Waals surface area contributed by atoms with Crippen LogP contribution in [-0.4, -0.2) is 55.3 Å². The summed E-state index contributed by atoms with van der Waals surface area (Å²) >= 11 is 4.52. The van der Waals surface area contributed by atoms with Crippen molar-refractivity contribution in [2.24, 2.45) is 11.3 Å². The number of hydrogen-bond donors (Lipinski definition) is 1. The molecule has 2 nitrogen and oxygen atoms in total. The van der Waals surface area contributed by atoms with Crippen molar-refractivity contribution >= 4 is 12.6 Å². The normalized spacial score (nSPS) is 16.6. The van der Waals surface area contributed by atoms with Crippen LogP contribution in [0.4, 0.5) is 0 Å². The Kier molecular flexibility index (Phi) is 7.77. The molecule has 0 aliphatic carbocycles. The van der Waals surface area contributed by atoms with Gasteiger partial charge in [-0.05, 0) is 44.6 Å². The average Bonchev–Trinajstić information content (AvgIpc) is 2.15. The molecule has 0 saturated heterocycles. The summed E-state index contributed by atoms with van der Waals surface area (Å²) in [4.78, 5) is 4.84. The summed E-state index contributed by atoms with van der Waals surface area (Å²) in [5, 5.41) is 0. The lowest BCUT2D eigenvalue weighted by molar-refractivity contribution is 0.122. The van der Waals surface area contributed by atoms with E-state index in [1.165, 1.54) is 0 Å². The molecule has 0 rings (SSSR count). The molecule has 17 heavy (non-hydrogen) atoms. The molecule has 0 spiro atoms. The molecule has 0 fully saturated rings. The minimum absolute atomic E-state index is 0.340. The quantitative estimate of drug-likeness (QED) is 0.703. The van der Waals surface area contributed by atoms with E-state index in [1.807, 2.05) is 0 Å². The zero-order valence-electron chi connectivity index (χ0n) is 12.8. The maximum Gasteiger partial charge on any atom is 0.0194 e. The number of thiol groups is 1. The zero-order valence-corrected chi connectivity index (χ0v) is 13.7. The molecule has 0 amide bonds. The number of rotatable bonds is 7. The molecule has 0 aromatic rings. The molecule has 0 aromatic heterocycles. The molecule has 0 saturated carbocycles. The van der Waals surface area contributed by atoms with E-state index >= 15 is 0 Å². The highest BCUT2D eigenvalue weighted by atomic mass is 32.1. The Morgan fingerprint density at radius 1 is 1.12 bits per heavy atom. The third-order valence-corrected chi connectivity index (χ3v) is 4.00. The van der Waals surface area contributed by atoms with Crippen molar-refractivity contribution in [3.63, 3.8) is 0 Å². The van der Waals surface area contributed by atoms with Gasteiger partial charge in [0.05, 0.1) is 0 Å². The van der Waals surface area contributed by atoms with Gasteiger partial charge in [-0.3, -0.25) is 4.90 Å². The van der Waals surface area contributed by atoms with Gasteiger partial charge in [0.15, 0.2) is 0 Å². The molecule has 2 atom stereocenters. The summed E-state index contributed by atoms with van der Waals surface area (Å²) in [5.74, 6) is 1.62. The largest absolute Gasteiger partial charge is 0.308 e. The fourth-order valence-electron chi connectivity index (χ4n) is 2.15. The topological polar surface area (TPSA) is 6.48 Å². The molecule has 3 heteroatoms. The van der Waals surface area contributed by atoms with Crippen LogP contribution >= 0.6 is 12.6 Å². The maximum atomic E-state index is 4.52. The van der Waals surface area contributed by atoms with Crippen LogP contribution < -0.4 is 0 Å². The van der Waals surface area contributed by atoms with Crippen LogP contribution in [0.25, 0.3) is 0 Å². The van der Waals surface area contributed by atoms with Gasteiger partial charge in [0.1, 0.15) is 0 Å². The first-order valence-corrected chi connectivity index (χ1v) is 7.35. The van der Waals surface area contributed by atoms with Gasteiger partial charge in [0, 0.05) is 19.1 Å². The summed E-state index contributed by atoms with van der Waals surface area (Å²) in [6.07, 6.45) is 0. The average molecular weight is 260 g/mol. The van der Waals surface area contributed by atoms with E-state index in [0.29, 0.717) is 17.4 Å². The van der Waals surface area contributed by atoms with Crippen LogP contribution in [0.1, 0.15) is 34.6 Å². The van der Waals surface area contributed by atoms with Crippen molar-refractivity contribution in [1.82, 2.24) is 9.80 Å². The Morgan fingerprint density at radius 3 is 1.94 bits per heavy atom. The van der Waals surface area contributed by atoms with E-state index in [2.05, 4.69) is 71.1 Å². The van der Waals surface area contributed by atoms with Crippen LogP contribution in [0.5, 0.6) is 0 Å². The molecular formula is C14H32N2S. The van der Waals surface area contributed by atoms with E-state index in [-0.39, 0.29) is 0 Å². The monoisotopic (exact) mass is 260 g/mol. The molecule has 0 aromatic carbocycles. The van der Waals surface area contributed by atoms with E-state index < -0.39 is 0 Å². The van der Waals surface area contributed by atoms with Crippen molar-refractivity contribution in [2.45, 2.75) is 40.7 Å². The molecular weight excluding hydrogens is 228 g/mol. The lowest BCUT2D eigenvalue weighted by Crippen LogP contribution is -2.45. The highest BCUT2D eigenvalue weighted by Crippen LogP contribution is 2.28. The van der Waals surface area contributed by atoms with Crippen LogP contribution in [-0.2, 0) is 0 Å². The van der Waals surface area contributed by atoms with E-state index in [9.17, 15) is 0 Å². The van der Waals surface area contributed by atoms with Gasteiger partial charge in [0.2, 0.25) is 0 Å². The van der Waals surface area contributed by atoms with Gasteiger partial charge in [-0.15, -0.1) is 0 Å². The Morgan fingerprint density at radius 2 is 1.65 bits per heavy atom. The third-order valence-electron chi connectivity index (χ3n) is 3.56. The van der Waals surface area contributed by atoms with Gasteiger partial charge < -0.3 is 4.90 Å². The van der Waals surface area contributed by atoms with Gasteiger partial charge in [-0.1, -0.05) is 27.7 Å². The van der Waals surface area contributed by atoms with Crippen LogP contribution in [0.3, 0.4) is 0 Å². The summed E-state index contributed by atoms with van der Waals surface area (Å²) in [7, 11) is 4.29. The van der Waals surface area contributed by atoms with Crippen LogP contribution in [0.2, 0.25) is 0 Å². The van der Waals surface area contributed by atoms with E-state index in [0.717, 1.165) is 25.4 Å². The molecule has 0 radical (unpaired) electrons. The summed E-state index contributed by atoms with van der Waals surface area (Å²) < 4.78 is 0. The fourth-order valence-corrected chi connectivity index (χ4v) is 2.82. The zero-order chi connectivity index (χ0) is 13.6. The smallest absolute Gasteiger partial charge is 0.0194 e. The standard InChI is InChI=1S/C14H32N2S/c1-8-16(12(2)9-15(6)7)10-13(11-17)14(3,4)5/h12-13,17H,8-11H2,1-7H3. The van der Waals surface area contributed by atoms with Gasteiger partial charge in [-0.25, -0.2) is 0 Å². The molecule has 2 unspecified atom stereocenters. The van der Waals surface area contributed by atoms with E-state index in [4.69, 9.17) is 0 Å². The second-order valence-electron chi connectivity index (χ2n) is 6.44. The van der Waals surface area contributed by atoms with Crippen molar-refractivity contribution in [2.75, 3.05) is 39.5 Å². The first-order valence-electron chi connectivity index (χ1n) is 6.72. The van der Waals surface area contributed by atoms with Gasteiger partial charge in [0.25, 0.3) is 0 Å². The molecule has 0 aliphatic rings. The second kappa shape index (κ2) is 7.65. The van der Waals surface area contributed by atoms with Crippen LogP contribution in [0.15, 0.2) is 0 Å². The fraction of sp³-hybridized carbons (Fsp3) is 1.00. The Bertz CT molecular complexity index is 199. The van der Waals surface area contributed by atoms with Crippen molar-refractivity contribution in [1.29, 1.82) is 0 Å². The summed E-state index contributed by atoms with van der Waals surface area (Å²) in [5.41, 5.74) is 0.340. The summed E-state index contributed by atoms with van der Waals surface area (Å²) in [6, 6.07) is 0.611. The predicted octanol–water partition coefficient (Wildman–Crippen LogP) is 2.85. The SMILES string of the molecule is CCN(CC(CS)C(C)(C)C)C(C)CN(C)C. The lowest BCUT2D eigenvalue weighted by atomic mass is 9.81. The molecule has 0 bridgehead atoms. The molecule has 0 N–H and O–H groups in total. The number of nitrogens with zero attached hydrogens (tertiary/aromatic N) is 2. The molecule has 0 aliphatic heterocycles. The second-order valence-corrected chi connectivity index (χ2v) is 6.81. The van der Waals surface area contributed by atoms with Gasteiger partial charge in [-0.2, -0.15) is 12.6 Å². The maximum absolute atomic E-state index is 4.52. The predicted molar refractivity (Wildman–Crippen MR) is 82.1 cm³/mol. The van der Waals surface area contributed by atoms with E-state index in [1.54, 1.807) is 0 Å². The van der Waals surface area contributed by atoms with Gasteiger partial charge >= 0.3 is 0 Å². The van der Waals surface area contributed by atoms with Crippen molar-refractivity contribution < 1.29 is 0 Å². The minimum atomic E-state index is 0.340. The first kappa shape index (κ1) is 17.3.